The summed E-state index contributed by atoms with van der Waals surface area (Å²) in [5, 5.41) is 0. The van der Waals surface area contributed by atoms with Crippen LogP contribution in [0.15, 0.2) is 54.6 Å². The number of benzene rings is 2. The molecule has 0 aromatic heterocycles. The molecule has 2 N–H and O–H groups in total. The van der Waals surface area contributed by atoms with E-state index in [1.165, 1.54) is 0 Å². The number of hydrogen-bond donors (Lipinski definition) is 1. The van der Waals surface area contributed by atoms with Crippen molar-refractivity contribution in [3.05, 3.63) is 65.7 Å². The lowest BCUT2D eigenvalue weighted by atomic mass is 10.2. The summed E-state index contributed by atoms with van der Waals surface area (Å²) in [5.41, 5.74) is 7.96. The summed E-state index contributed by atoms with van der Waals surface area (Å²) in [7, 11) is 0. The molecule has 0 aliphatic rings. The van der Waals surface area contributed by atoms with Gasteiger partial charge in [0.25, 0.3) is 0 Å². The highest BCUT2D eigenvalue weighted by molar-refractivity contribution is 5.43. The predicted octanol–water partition coefficient (Wildman–Crippen LogP) is 2.92. The van der Waals surface area contributed by atoms with Crippen LogP contribution in [0.4, 0.5) is 5.69 Å². The Labute approximate surface area is 102 Å². The Hall–Kier alpha value is -2.64. The lowest BCUT2D eigenvalue weighted by Gasteiger charge is -1.89. The highest BCUT2D eigenvalue weighted by Gasteiger charge is 1.83. The number of terminal acetylenes is 2. The second kappa shape index (κ2) is 6.77. The van der Waals surface area contributed by atoms with Crippen LogP contribution in [0.25, 0.3) is 0 Å². The zero-order chi connectivity index (χ0) is 12.5. The van der Waals surface area contributed by atoms with E-state index in [1.54, 1.807) is 12.1 Å². The first-order valence-corrected chi connectivity index (χ1v) is 5.10. The van der Waals surface area contributed by atoms with Gasteiger partial charge in [0.15, 0.2) is 0 Å². The lowest BCUT2D eigenvalue weighted by molar-refractivity contribution is 1.64. The molecule has 0 saturated carbocycles. The first-order chi connectivity index (χ1) is 8.26. The number of nitrogens with two attached hydrogens (primary N) is 1. The van der Waals surface area contributed by atoms with Crippen molar-refractivity contribution in [3.63, 3.8) is 0 Å². The minimum absolute atomic E-state index is 0.744. The monoisotopic (exact) mass is 219 g/mol. The van der Waals surface area contributed by atoms with E-state index >= 15 is 0 Å². The van der Waals surface area contributed by atoms with Gasteiger partial charge in [0, 0.05) is 16.8 Å². The van der Waals surface area contributed by atoms with Gasteiger partial charge in [0.05, 0.1) is 0 Å². The molecular weight excluding hydrogens is 206 g/mol. The third-order valence-corrected chi connectivity index (χ3v) is 2.02. The highest BCUT2D eigenvalue weighted by atomic mass is 14.5. The van der Waals surface area contributed by atoms with Gasteiger partial charge >= 0.3 is 0 Å². The molecule has 0 saturated heterocycles. The fourth-order valence-electron chi connectivity index (χ4n) is 1.11. The van der Waals surface area contributed by atoms with Gasteiger partial charge in [-0.15, -0.1) is 12.8 Å². The lowest BCUT2D eigenvalue weighted by Crippen LogP contribution is -1.82. The average Bonchev–Trinajstić information content (AvgIpc) is 2.41. The van der Waals surface area contributed by atoms with Crippen molar-refractivity contribution in [2.75, 3.05) is 5.73 Å². The van der Waals surface area contributed by atoms with Crippen LogP contribution in [0.5, 0.6) is 0 Å². The number of rotatable bonds is 0. The van der Waals surface area contributed by atoms with Crippen LogP contribution in [0.2, 0.25) is 0 Å². The Kier molecular flexibility index (Phi) is 4.95. The van der Waals surface area contributed by atoms with E-state index in [9.17, 15) is 0 Å². The van der Waals surface area contributed by atoms with Gasteiger partial charge < -0.3 is 5.73 Å². The molecule has 0 spiro atoms. The molecular formula is C16H13N. The Balaban J connectivity index is 0.000000171. The molecule has 2 aromatic carbocycles. The summed E-state index contributed by atoms with van der Waals surface area (Å²) in [6.07, 6.45) is 10.2. The van der Waals surface area contributed by atoms with E-state index in [-0.39, 0.29) is 0 Å². The molecule has 0 unspecified atom stereocenters. The molecule has 17 heavy (non-hydrogen) atoms. The Bertz CT molecular complexity index is 524. The maximum Gasteiger partial charge on any atom is 0.0314 e. The predicted molar refractivity (Wildman–Crippen MR) is 73.2 cm³/mol. The molecule has 0 aliphatic carbocycles. The van der Waals surface area contributed by atoms with E-state index < -0.39 is 0 Å². The Morgan fingerprint density at radius 2 is 1.18 bits per heavy atom. The van der Waals surface area contributed by atoms with Gasteiger partial charge in [0.2, 0.25) is 0 Å². The zero-order valence-corrected chi connectivity index (χ0v) is 9.43. The molecule has 0 bridgehead atoms. The molecule has 0 atom stereocenters. The van der Waals surface area contributed by atoms with Crippen molar-refractivity contribution < 1.29 is 0 Å². The Morgan fingerprint density at radius 1 is 0.706 bits per heavy atom. The van der Waals surface area contributed by atoms with Crippen molar-refractivity contribution in [2.45, 2.75) is 0 Å². The van der Waals surface area contributed by atoms with Crippen LogP contribution >= 0.6 is 0 Å². The smallest absolute Gasteiger partial charge is 0.0314 e. The maximum absolute atomic E-state index is 5.41. The molecule has 0 heterocycles. The van der Waals surface area contributed by atoms with Gasteiger partial charge in [-0.25, -0.2) is 0 Å². The fraction of sp³-hybridized carbons (Fsp3) is 0. The number of hydrogen-bond acceptors (Lipinski definition) is 1. The SMILES string of the molecule is C#Cc1ccc(N)cc1.C#Cc1ccccc1. The number of nitrogen functional groups attached to an aromatic ring is 1. The zero-order valence-electron chi connectivity index (χ0n) is 9.43. The van der Waals surface area contributed by atoms with Crippen LogP contribution in [-0.2, 0) is 0 Å². The third-order valence-electron chi connectivity index (χ3n) is 2.02. The summed E-state index contributed by atoms with van der Waals surface area (Å²) in [5.74, 6) is 5.03. The fourth-order valence-corrected chi connectivity index (χ4v) is 1.11. The van der Waals surface area contributed by atoms with Gasteiger partial charge in [-0.1, -0.05) is 30.0 Å². The molecule has 0 aliphatic heterocycles. The molecule has 1 nitrogen and oxygen atoms in total. The second-order valence-electron chi connectivity index (χ2n) is 3.28. The maximum atomic E-state index is 5.41. The first kappa shape index (κ1) is 12.4. The molecule has 1 heteroatoms. The largest absolute Gasteiger partial charge is 0.399 e. The van der Waals surface area contributed by atoms with Crippen molar-refractivity contribution in [3.8, 4) is 24.7 Å². The summed E-state index contributed by atoms with van der Waals surface area (Å²) in [4.78, 5) is 0. The summed E-state index contributed by atoms with van der Waals surface area (Å²) < 4.78 is 0. The Morgan fingerprint density at radius 3 is 1.59 bits per heavy atom. The van der Waals surface area contributed by atoms with Gasteiger partial charge in [0.1, 0.15) is 0 Å². The van der Waals surface area contributed by atoms with Gasteiger partial charge in [-0.3, -0.25) is 0 Å². The van der Waals surface area contributed by atoms with Crippen molar-refractivity contribution in [1.82, 2.24) is 0 Å². The topological polar surface area (TPSA) is 26.0 Å². The normalized spacial score (nSPS) is 8.12. The highest BCUT2D eigenvalue weighted by Crippen LogP contribution is 2.02. The summed E-state index contributed by atoms with van der Waals surface area (Å²) in [6, 6.07) is 16.8. The van der Waals surface area contributed by atoms with Crippen molar-refractivity contribution in [1.29, 1.82) is 0 Å². The van der Waals surface area contributed by atoms with E-state index in [4.69, 9.17) is 18.6 Å². The quantitative estimate of drug-likeness (QED) is 0.535. The first-order valence-electron chi connectivity index (χ1n) is 5.10. The molecule has 2 rings (SSSR count). The van der Waals surface area contributed by atoms with E-state index in [0.717, 1.165) is 16.8 Å². The van der Waals surface area contributed by atoms with Gasteiger partial charge in [-0.2, -0.15) is 0 Å². The third kappa shape index (κ3) is 4.60. The van der Waals surface area contributed by atoms with Crippen LogP contribution in [-0.4, -0.2) is 0 Å². The van der Waals surface area contributed by atoms with E-state index in [0.29, 0.717) is 0 Å². The van der Waals surface area contributed by atoms with Crippen molar-refractivity contribution >= 4 is 5.69 Å². The molecule has 0 amide bonds. The molecule has 0 fully saturated rings. The second-order valence-corrected chi connectivity index (χ2v) is 3.28. The van der Waals surface area contributed by atoms with Crippen LogP contribution in [0.3, 0.4) is 0 Å². The standard InChI is InChI=1S/C8H7N.C8H6/c1-2-7-3-5-8(9)6-4-7;1-2-8-6-4-3-5-7-8/h1,3-6H,9H2;1,3-7H. The van der Waals surface area contributed by atoms with Crippen LogP contribution in [0, 0.1) is 24.7 Å². The summed E-state index contributed by atoms with van der Waals surface area (Å²) >= 11 is 0. The minimum atomic E-state index is 0.744. The minimum Gasteiger partial charge on any atom is -0.399 e. The van der Waals surface area contributed by atoms with Crippen LogP contribution in [0.1, 0.15) is 11.1 Å². The number of anilines is 1. The average molecular weight is 219 g/mol. The molecule has 82 valence electrons. The van der Waals surface area contributed by atoms with Crippen molar-refractivity contribution in [2.24, 2.45) is 0 Å². The van der Waals surface area contributed by atoms with Crippen LogP contribution < -0.4 is 5.73 Å². The van der Waals surface area contributed by atoms with Gasteiger partial charge in [-0.05, 0) is 36.4 Å². The van der Waals surface area contributed by atoms with E-state index in [1.807, 2.05) is 42.5 Å². The van der Waals surface area contributed by atoms with E-state index in [2.05, 4.69) is 11.8 Å². The molecule has 2 aromatic rings. The summed E-state index contributed by atoms with van der Waals surface area (Å²) in [6.45, 7) is 0. The molecule has 0 radical (unpaired) electrons.